The van der Waals surface area contributed by atoms with Crippen LogP contribution in [0.15, 0.2) is 24.3 Å². The van der Waals surface area contributed by atoms with E-state index in [2.05, 4.69) is 5.32 Å². The molecular weight excluding hydrogens is 347 g/mol. The summed E-state index contributed by atoms with van der Waals surface area (Å²) in [5, 5.41) is 2.25. The van der Waals surface area contributed by atoms with Gasteiger partial charge in [-0.15, -0.1) is 12.4 Å². The smallest absolute Gasteiger partial charge is 0.343 e. The van der Waals surface area contributed by atoms with E-state index in [0.717, 1.165) is 25.0 Å². The van der Waals surface area contributed by atoms with Crippen molar-refractivity contribution in [3.05, 3.63) is 35.4 Å². The quantitative estimate of drug-likeness (QED) is 0.857. The molecule has 0 saturated carbocycles. The van der Waals surface area contributed by atoms with Crippen LogP contribution in [0.5, 0.6) is 0 Å². The number of carbonyl (C=O) groups is 2. The molecule has 2 rings (SSSR count). The summed E-state index contributed by atoms with van der Waals surface area (Å²) in [5.74, 6) is -1.27. The summed E-state index contributed by atoms with van der Waals surface area (Å²) in [6, 6.07) is 4.37. The highest BCUT2D eigenvalue weighted by Gasteiger charge is 2.35. The van der Waals surface area contributed by atoms with Gasteiger partial charge in [0.2, 0.25) is 5.91 Å². The standard InChI is InChI=1S/C15H18F3N3O2.ClH/c16-15(17,18)12-6-2-1-5-11(12)14(23)20-8-13(22)21-7-3-4-10(19)9-21;/h1-2,5-6,10H,3-4,7-9,19H2,(H,20,23);1H. The summed E-state index contributed by atoms with van der Waals surface area (Å²) in [7, 11) is 0. The van der Waals surface area contributed by atoms with Crippen LogP contribution in [-0.4, -0.2) is 42.4 Å². The molecule has 0 radical (unpaired) electrons. The molecule has 1 aliphatic rings. The van der Waals surface area contributed by atoms with E-state index >= 15 is 0 Å². The van der Waals surface area contributed by atoms with Crippen molar-refractivity contribution in [1.29, 1.82) is 0 Å². The Hall–Kier alpha value is -1.80. The maximum atomic E-state index is 12.9. The van der Waals surface area contributed by atoms with Gasteiger partial charge in [0.1, 0.15) is 0 Å². The molecule has 1 heterocycles. The molecule has 1 aliphatic heterocycles. The molecule has 1 fully saturated rings. The van der Waals surface area contributed by atoms with E-state index < -0.39 is 23.2 Å². The van der Waals surface area contributed by atoms with Crippen molar-refractivity contribution in [3.8, 4) is 0 Å². The van der Waals surface area contributed by atoms with E-state index in [9.17, 15) is 22.8 Å². The Morgan fingerprint density at radius 3 is 2.58 bits per heavy atom. The number of benzene rings is 1. The monoisotopic (exact) mass is 365 g/mol. The lowest BCUT2D eigenvalue weighted by atomic mass is 10.1. The Bertz CT molecular complexity index is 596. The third-order valence-corrected chi connectivity index (χ3v) is 3.69. The zero-order chi connectivity index (χ0) is 17.0. The van der Waals surface area contributed by atoms with Crippen molar-refractivity contribution in [3.63, 3.8) is 0 Å². The SMILES string of the molecule is Cl.NC1CCCN(C(=O)CNC(=O)c2ccccc2C(F)(F)F)C1. The van der Waals surface area contributed by atoms with Crippen LogP contribution in [0.25, 0.3) is 0 Å². The number of likely N-dealkylation sites (tertiary alicyclic amines) is 1. The highest BCUT2D eigenvalue weighted by atomic mass is 35.5. The number of rotatable bonds is 3. The van der Waals surface area contributed by atoms with Crippen LogP contribution in [0.3, 0.4) is 0 Å². The van der Waals surface area contributed by atoms with E-state index in [1.807, 2.05) is 0 Å². The molecule has 1 saturated heterocycles. The van der Waals surface area contributed by atoms with Crippen molar-refractivity contribution in [2.24, 2.45) is 5.73 Å². The first kappa shape index (κ1) is 20.2. The summed E-state index contributed by atoms with van der Waals surface area (Å²) in [5.41, 5.74) is 4.25. The number of halogens is 4. The van der Waals surface area contributed by atoms with E-state index in [1.54, 1.807) is 0 Å². The number of piperidine rings is 1. The molecule has 0 bridgehead atoms. The first-order valence-corrected chi connectivity index (χ1v) is 7.27. The molecule has 1 unspecified atom stereocenters. The summed E-state index contributed by atoms with van der Waals surface area (Å²) in [6.07, 6.45) is -3.02. The van der Waals surface area contributed by atoms with Crippen LogP contribution in [0.2, 0.25) is 0 Å². The van der Waals surface area contributed by atoms with E-state index in [4.69, 9.17) is 5.73 Å². The average Bonchev–Trinajstić information content (AvgIpc) is 2.51. The molecular formula is C15H19ClF3N3O2. The summed E-state index contributed by atoms with van der Waals surface area (Å²) in [6.45, 7) is 0.590. The molecule has 1 atom stereocenters. The maximum absolute atomic E-state index is 12.9. The highest BCUT2D eigenvalue weighted by Crippen LogP contribution is 2.31. The molecule has 24 heavy (non-hydrogen) atoms. The van der Waals surface area contributed by atoms with Gasteiger partial charge in [-0.25, -0.2) is 0 Å². The van der Waals surface area contributed by atoms with Gasteiger partial charge < -0.3 is 16.0 Å². The van der Waals surface area contributed by atoms with Crippen molar-refractivity contribution in [2.75, 3.05) is 19.6 Å². The van der Waals surface area contributed by atoms with Gasteiger partial charge in [-0.1, -0.05) is 12.1 Å². The Kier molecular flexibility index (Phi) is 7.04. The zero-order valence-corrected chi connectivity index (χ0v) is 13.6. The van der Waals surface area contributed by atoms with Gasteiger partial charge in [0, 0.05) is 19.1 Å². The second kappa shape index (κ2) is 8.34. The van der Waals surface area contributed by atoms with Gasteiger partial charge in [0.25, 0.3) is 5.91 Å². The minimum atomic E-state index is -4.63. The van der Waals surface area contributed by atoms with Crippen molar-refractivity contribution in [1.82, 2.24) is 10.2 Å². The predicted octanol–water partition coefficient (Wildman–Crippen LogP) is 1.81. The van der Waals surface area contributed by atoms with Crippen LogP contribution in [0.1, 0.15) is 28.8 Å². The van der Waals surface area contributed by atoms with E-state index in [-0.39, 0.29) is 30.9 Å². The van der Waals surface area contributed by atoms with Crippen molar-refractivity contribution >= 4 is 24.2 Å². The number of nitrogens with one attached hydrogen (secondary N) is 1. The molecule has 0 aliphatic carbocycles. The zero-order valence-electron chi connectivity index (χ0n) is 12.8. The van der Waals surface area contributed by atoms with Gasteiger partial charge in [-0.3, -0.25) is 9.59 Å². The van der Waals surface area contributed by atoms with E-state index in [1.165, 1.54) is 17.0 Å². The Labute approximate surface area is 143 Å². The molecule has 1 aromatic carbocycles. The largest absolute Gasteiger partial charge is 0.417 e. The van der Waals surface area contributed by atoms with Crippen LogP contribution < -0.4 is 11.1 Å². The van der Waals surface area contributed by atoms with Gasteiger partial charge in [-0.05, 0) is 25.0 Å². The first-order valence-electron chi connectivity index (χ1n) is 7.27. The molecule has 134 valence electrons. The van der Waals surface area contributed by atoms with Gasteiger partial charge in [-0.2, -0.15) is 13.2 Å². The first-order chi connectivity index (χ1) is 10.8. The number of nitrogens with two attached hydrogens (primary N) is 1. The molecule has 3 N–H and O–H groups in total. The average molecular weight is 366 g/mol. The third-order valence-electron chi connectivity index (χ3n) is 3.69. The normalized spacial score (nSPS) is 17.8. The molecule has 0 aromatic heterocycles. The lowest BCUT2D eigenvalue weighted by molar-refractivity contribution is -0.137. The maximum Gasteiger partial charge on any atom is 0.417 e. The van der Waals surface area contributed by atoms with Gasteiger partial charge >= 0.3 is 6.18 Å². The second-order valence-corrected chi connectivity index (χ2v) is 5.47. The fourth-order valence-corrected chi connectivity index (χ4v) is 2.53. The summed E-state index contributed by atoms with van der Waals surface area (Å²) >= 11 is 0. The van der Waals surface area contributed by atoms with Crippen molar-refractivity contribution < 1.29 is 22.8 Å². The number of hydrogen-bond donors (Lipinski definition) is 2. The minimum Gasteiger partial charge on any atom is -0.343 e. The summed E-state index contributed by atoms with van der Waals surface area (Å²) < 4.78 is 38.6. The Balaban J connectivity index is 0.00000288. The van der Waals surface area contributed by atoms with Crippen LogP contribution in [-0.2, 0) is 11.0 Å². The topological polar surface area (TPSA) is 75.4 Å². The van der Waals surface area contributed by atoms with Crippen molar-refractivity contribution in [2.45, 2.75) is 25.1 Å². The van der Waals surface area contributed by atoms with Gasteiger partial charge in [0.05, 0.1) is 17.7 Å². The summed E-state index contributed by atoms with van der Waals surface area (Å²) in [4.78, 5) is 25.5. The number of nitrogens with zero attached hydrogens (tertiary/aromatic N) is 1. The minimum absolute atomic E-state index is 0. The van der Waals surface area contributed by atoms with E-state index in [0.29, 0.717) is 13.1 Å². The lowest BCUT2D eigenvalue weighted by Gasteiger charge is -2.30. The number of amides is 2. The van der Waals surface area contributed by atoms with Gasteiger partial charge in [0.15, 0.2) is 0 Å². The number of carbonyl (C=O) groups excluding carboxylic acids is 2. The fourth-order valence-electron chi connectivity index (χ4n) is 2.53. The molecule has 0 spiro atoms. The lowest BCUT2D eigenvalue weighted by Crippen LogP contribution is -2.49. The van der Waals surface area contributed by atoms with Crippen LogP contribution >= 0.6 is 12.4 Å². The Morgan fingerprint density at radius 2 is 1.96 bits per heavy atom. The molecule has 2 amide bonds. The highest BCUT2D eigenvalue weighted by molar-refractivity contribution is 5.97. The third kappa shape index (κ3) is 5.10. The number of hydrogen-bond acceptors (Lipinski definition) is 3. The Morgan fingerprint density at radius 1 is 1.29 bits per heavy atom. The second-order valence-electron chi connectivity index (χ2n) is 5.47. The van der Waals surface area contributed by atoms with Crippen LogP contribution in [0, 0.1) is 0 Å². The molecule has 5 nitrogen and oxygen atoms in total. The van der Waals surface area contributed by atoms with Crippen LogP contribution in [0.4, 0.5) is 13.2 Å². The number of alkyl halides is 3. The predicted molar refractivity (Wildman–Crippen MR) is 84.8 cm³/mol. The fraction of sp³-hybridized carbons (Fsp3) is 0.467. The molecule has 1 aromatic rings. The molecule has 9 heteroatoms.